The summed E-state index contributed by atoms with van der Waals surface area (Å²) in [4.78, 5) is 4.58. The van der Waals surface area contributed by atoms with Crippen LogP contribution < -0.4 is 0 Å². The van der Waals surface area contributed by atoms with Crippen LogP contribution >= 0.6 is 0 Å². The van der Waals surface area contributed by atoms with Crippen molar-refractivity contribution in [3.63, 3.8) is 0 Å². The molecule has 0 amide bonds. The van der Waals surface area contributed by atoms with E-state index < -0.39 is 10.0 Å². The van der Waals surface area contributed by atoms with Crippen LogP contribution in [-0.4, -0.2) is 70.0 Å². The molecule has 0 unspecified atom stereocenters. The minimum absolute atomic E-state index is 0.250. The molecule has 3 rings (SSSR count). The number of amidine groups is 1. The molecule has 2 fully saturated rings. The molecule has 0 N–H and O–H groups in total. The fourth-order valence-corrected chi connectivity index (χ4v) is 4.09. The summed E-state index contributed by atoms with van der Waals surface area (Å²) in [5.41, 5.74) is 1.03. The average Bonchev–Trinajstić information content (AvgIpc) is 3.08. The van der Waals surface area contributed by atoms with Crippen molar-refractivity contribution in [3.8, 4) is 0 Å². The maximum absolute atomic E-state index is 12.7. The topological polar surface area (TPSA) is 62.2 Å². The van der Waals surface area contributed by atoms with E-state index in [2.05, 4.69) is 9.30 Å². The molecule has 0 atom stereocenters. The van der Waals surface area contributed by atoms with Crippen molar-refractivity contribution in [2.75, 3.05) is 45.9 Å². The molecule has 0 aromatic heterocycles. The fourth-order valence-electron chi connectivity index (χ4n) is 3.05. The lowest BCUT2D eigenvalue weighted by atomic mass is 10.2. The van der Waals surface area contributed by atoms with E-state index in [4.69, 9.17) is 4.74 Å². The summed E-state index contributed by atoms with van der Waals surface area (Å²) in [6.45, 7) is 7.15. The summed E-state index contributed by atoms with van der Waals surface area (Å²) in [6, 6.07) is 6.86. The standard InChI is InChI=1S/C17H25N3O3S/c1-15-4-6-16(7-5-15)24(21,22)18-17(14-19-8-2-3-9-19)20-10-12-23-13-11-20/h4-7H,2-3,8-14H2,1H3/b18-17-. The number of aryl methyl sites for hydroxylation is 1. The van der Waals surface area contributed by atoms with Crippen molar-refractivity contribution in [2.24, 2.45) is 4.40 Å². The maximum atomic E-state index is 12.7. The molecule has 0 spiro atoms. The molecule has 2 saturated heterocycles. The van der Waals surface area contributed by atoms with Crippen molar-refractivity contribution in [1.29, 1.82) is 0 Å². The SMILES string of the molecule is Cc1ccc(S(=O)(=O)/N=C(/CN2CCCC2)N2CCOCC2)cc1. The summed E-state index contributed by atoms with van der Waals surface area (Å²) in [5, 5.41) is 0. The quantitative estimate of drug-likeness (QED) is 0.608. The Kier molecular flexibility index (Phi) is 5.53. The zero-order chi connectivity index (χ0) is 17.0. The maximum Gasteiger partial charge on any atom is 0.283 e. The molecular formula is C17H25N3O3S. The second-order valence-electron chi connectivity index (χ2n) is 6.38. The van der Waals surface area contributed by atoms with Crippen LogP contribution in [0.4, 0.5) is 0 Å². The van der Waals surface area contributed by atoms with Crippen molar-refractivity contribution >= 4 is 15.9 Å². The Hall–Kier alpha value is -1.44. The third kappa shape index (κ3) is 4.34. The van der Waals surface area contributed by atoms with Gasteiger partial charge in [0, 0.05) is 13.1 Å². The highest BCUT2D eigenvalue weighted by atomic mass is 32.2. The fraction of sp³-hybridized carbons (Fsp3) is 0.588. The molecule has 0 bridgehead atoms. The Morgan fingerprint density at radius 3 is 2.33 bits per heavy atom. The van der Waals surface area contributed by atoms with Crippen molar-refractivity contribution < 1.29 is 13.2 Å². The smallest absolute Gasteiger partial charge is 0.283 e. The van der Waals surface area contributed by atoms with Crippen molar-refractivity contribution in [1.82, 2.24) is 9.80 Å². The Bertz CT molecular complexity index is 674. The lowest BCUT2D eigenvalue weighted by Crippen LogP contribution is -2.45. The van der Waals surface area contributed by atoms with Crippen molar-refractivity contribution in [3.05, 3.63) is 29.8 Å². The Morgan fingerprint density at radius 1 is 1.08 bits per heavy atom. The lowest BCUT2D eigenvalue weighted by Gasteiger charge is -2.31. The first-order valence-corrected chi connectivity index (χ1v) is 9.94. The van der Waals surface area contributed by atoms with E-state index in [0.717, 1.165) is 18.7 Å². The largest absolute Gasteiger partial charge is 0.378 e. The summed E-state index contributed by atoms with van der Waals surface area (Å²) < 4.78 is 35.0. The van der Waals surface area contributed by atoms with E-state index in [0.29, 0.717) is 38.7 Å². The van der Waals surface area contributed by atoms with Gasteiger partial charge in [-0.05, 0) is 45.0 Å². The van der Waals surface area contributed by atoms with Crippen LogP contribution in [-0.2, 0) is 14.8 Å². The van der Waals surface area contributed by atoms with Gasteiger partial charge in [-0.1, -0.05) is 17.7 Å². The van der Waals surface area contributed by atoms with Crippen molar-refractivity contribution in [2.45, 2.75) is 24.7 Å². The van der Waals surface area contributed by atoms with Crippen LogP contribution in [0.25, 0.3) is 0 Å². The number of likely N-dealkylation sites (tertiary alicyclic amines) is 1. The number of morpholine rings is 1. The monoisotopic (exact) mass is 351 g/mol. The summed E-state index contributed by atoms with van der Waals surface area (Å²) in [5.74, 6) is 0.640. The van der Waals surface area contributed by atoms with Crippen LogP contribution in [0, 0.1) is 6.92 Å². The zero-order valence-corrected chi connectivity index (χ0v) is 15.0. The van der Waals surface area contributed by atoms with Gasteiger partial charge in [0.15, 0.2) is 0 Å². The number of hydrogen-bond acceptors (Lipinski definition) is 4. The summed E-state index contributed by atoms with van der Waals surface area (Å²) >= 11 is 0. The molecule has 6 nitrogen and oxygen atoms in total. The molecule has 0 saturated carbocycles. The van der Waals surface area contributed by atoms with Gasteiger partial charge in [0.1, 0.15) is 5.84 Å². The first-order valence-electron chi connectivity index (χ1n) is 8.50. The lowest BCUT2D eigenvalue weighted by molar-refractivity contribution is 0.0666. The number of benzene rings is 1. The second-order valence-corrected chi connectivity index (χ2v) is 7.98. The van der Waals surface area contributed by atoms with Gasteiger partial charge in [0.2, 0.25) is 0 Å². The molecule has 7 heteroatoms. The summed E-state index contributed by atoms with van der Waals surface area (Å²) in [6.07, 6.45) is 2.34. The first-order chi connectivity index (χ1) is 11.5. The van der Waals surface area contributed by atoms with Crippen LogP contribution in [0.1, 0.15) is 18.4 Å². The van der Waals surface area contributed by atoms with E-state index in [1.807, 2.05) is 11.8 Å². The molecule has 2 heterocycles. The van der Waals surface area contributed by atoms with Gasteiger partial charge in [-0.3, -0.25) is 4.90 Å². The third-order valence-corrected chi connectivity index (χ3v) is 5.80. The molecule has 2 aliphatic heterocycles. The normalized spacial score (nSPS) is 20.5. The number of rotatable bonds is 4. The molecular weight excluding hydrogens is 326 g/mol. The highest BCUT2D eigenvalue weighted by Crippen LogP contribution is 2.16. The van der Waals surface area contributed by atoms with Gasteiger partial charge in [-0.25, -0.2) is 0 Å². The number of nitrogens with zero attached hydrogens (tertiary/aromatic N) is 3. The van der Waals surface area contributed by atoms with Crippen LogP contribution in [0.2, 0.25) is 0 Å². The predicted octanol–water partition coefficient (Wildman–Crippen LogP) is 1.51. The summed E-state index contributed by atoms with van der Waals surface area (Å²) in [7, 11) is -3.69. The molecule has 132 valence electrons. The van der Waals surface area contributed by atoms with Crippen LogP contribution in [0.5, 0.6) is 0 Å². The third-order valence-electron chi connectivity index (χ3n) is 4.48. The minimum Gasteiger partial charge on any atom is -0.378 e. The number of ether oxygens (including phenoxy) is 1. The molecule has 0 aliphatic carbocycles. The van der Waals surface area contributed by atoms with Gasteiger partial charge < -0.3 is 9.64 Å². The Morgan fingerprint density at radius 2 is 1.71 bits per heavy atom. The molecule has 2 aliphatic rings. The van der Waals surface area contributed by atoms with Gasteiger partial charge in [0.05, 0.1) is 24.7 Å². The molecule has 0 radical (unpaired) electrons. The Labute approximate surface area is 144 Å². The molecule has 24 heavy (non-hydrogen) atoms. The van der Waals surface area contributed by atoms with Crippen LogP contribution in [0.3, 0.4) is 0 Å². The predicted molar refractivity (Wildman–Crippen MR) is 93.9 cm³/mol. The number of hydrogen-bond donors (Lipinski definition) is 0. The molecule has 1 aromatic rings. The van der Waals surface area contributed by atoms with Gasteiger partial charge in [-0.2, -0.15) is 8.42 Å². The van der Waals surface area contributed by atoms with E-state index in [-0.39, 0.29) is 4.90 Å². The van der Waals surface area contributed by atoms with E-state index in [9.17, 15) is 8.42 Å². The zero-order valence-electron chi connectivity index (χ0n) is 14.1. The van der Waals surface area contributed by atoms with Gasteiger partial charge >= 0.3 is 0 Å². The number of sulfonamides is 1. The molecule has 1 aromatic carbocycles. The van der Waals surface area contributed by atoms with Gasteiger partial charge in [-0.15, -0.1) is 4.40 Å². The second kappa shape index (κ2) is 7.63. The van der Waals surface area contributed by atoms with Gasteiger partial charge in [0.25, 0.3) is 10.0 Å². The van der Waals surface area contributed by atoms with E-state index >= 15 is 0 Å². The highest BCUT2D eigenvalue weighted by molar-refractivity contribution is 7.90. The average molecular weight is 351 g/mol. The first kappa shape index (κ1) is 17.4. The minimum atomic E-state index is -3.69. The highest BCUT2D eigenvalue weighted by Gasteiger charge is 2.23. The van der Waals surface area contributed by atoms with Crippen LogP contribution in [0.15, 0.2) is 33.6 Å². The van der Waals surface area contributed by atoms with E-state index in [1.54, 1.807) is 24.3 Å². The van der Waals surface area contributed by atoms with E-state index in [1.165, 1.54) is 12.8 Å². The Balaban J connectivity index is 1.86.